The third kappa shape index (κ3) is 4.62. The van der Waals surface area contributed by atoms with Gasteiger partial charge in [0.15, 0.2) is 5.82 Å². The van der Waals surface area contributed by atoms with Crippen LogP contribution in [0.15, 0.2) is 42.5 Å². The van der Waals surface area contributed by atoms with E-state index in [2.05, 4.69) is 15.6 Å². The lowest BCUT2D eigenvalue weighted by molar-refractivity contribution is 0.262. The molecule has 2 amide bonds. The minimum Gasteiger partial charge on any atom is -0.378 e. The fourth-order valence-corrected chi connectivity index (χ4v) is 2.61. The van der Waals surface area contributed by atoms with Crippen LogP contribution in [-0.4, -0.2) is 25.1 Å². The molecule has 2 N–H and O–H groups in total. The van der Waals surface area contributed by atoms with Crippen LogP contribution in [0.1, 0.15) is 5.69 Å². The summed E-state index contributed by atoms with van der Waals surface area (Å²) in [6.07, 6.45) is 0. The first-order valence-electron chi connectivity index (χ1n) is 7.95. The number of hydrogen-bond donors (Lipinski definition) is 2. The molecule has 0 aliphatic rings. The van der Waals surface area contributed by atoms with Crippen molar-refractivity contribution in [2.75, 3.05) is 29.6 Å². The van der Waals surface area contributed by atoms with Crippen LogP contribution in [0.25, 0.3) is 10.9 Å². The highest BCUT2D eigenvalue weighted by atomic mass is 35.5. The third-order valence-electron chi connectivity index (χ3n) is 3.85. The molecule has 0 fully saturated rings. The molecule has 0 saturated heterocycles. The van der Waals surface area contributed by atoms with Gasteiger partial charge in [0.2, 0.25) is 0 Å². The molecule has 8 heteroatoms. The molecule has 3 rings (SSSR count). The maximum Gasteiger partial charge on any atom is 0.323 e. The standard InChI is InChI=1S/C19H18F2N4O.ClH/c1-11-8-17(15-9-12(20)10-16(21)18(15)22-11)24-19(26)23-13-4-6-14(7-5-13)25(2)3;/h4-10H,1-3H3,(H2,22,23,24,26);1H. The lowest BCUT2D eigenvalue weighted by Gasteiger charge is -2.14. The van der Waals surface area contributed by atoms with Gasteiger partial charge in [-0.25, -0.2) is 18.6 Å². The van der Waals surface area contributed by atoms with Crippen LogP contribution in [0, 0.1) is 18.6 Å². The lowest BCUT2D eigenvalue weighted by atomic mass is 10.1. The van der Waals surface area contributed by atoms with E-state index in [1.54, 1.807) is 25.1 Å². The van der Waals surface area contributed by atoms with Crippen LogP contribution >= 0.6 is 12.4 Å². The van der Waals surface area contributed by atoms with Gasteiger partial charge in [-0.15, -0.1) is 12.4 Å². The van der Waals surface area contributed by atoms with Crippen LogP contribution in [0.4, 0.5) is 30.6 Å². The summed E-state index contributed by atoms with van der Waals surface area (Å²) in [5, 5.41) is 5.53. The molecule has 1 heterocycles. The molecule has 3 aromatic rings. The fraction of sp³-hybridized carbons (Fsp3) is 0.158. The van der Waals surface area contributed by atoms with Crippen LogP contribution in [0.5, 0.6) is 0 Å². The molecule has 5 nitrogen and oxygen atoms in total. The van der Waals surface area contributed by atoms with Crippen molar-refractivity contribution in [1.82, 2.24) is 4.98 Å². The SMILES string of the molecule is Cc1cc(NC(=O)Nc2ccc(N(C)C)cc2)c2cc(F)cc(F)c2n1.Cl. The minimum atomic E-state index is -0.772. The average Bonchev–Trinajstić information content (AvgIpc) is 2.56. The number of aromatic nitrogens is 1. The molecule has 0 radical (unpaired) electrons. The van der Waals surface area contributed by atoms with Gasteiger partial charge in [-0.1, -0.05) is 0 Å². The number of carbonyl (C=O) groups excluding carboxylic acids is 1. The van der Waals surface area contributed by atoms with Crippen LogP contribution in [0.3, 0.4) is 0 Å². The first-order valence-corrected chi connectivity index (χ1v) is 7.95. The van der Waals surface area contributed by atoms with Crippen LogP contribution in [0.2, 0.25) is 0 Å². The summed E-state index contributed by atoms with van der Waals surface area (Å²) >= 11 is 0. The third-order valence-corrected chi connectivity index (χ3v) is 3.85. The second-order valence-electron chi connectivity index (χ2n) is 6.12. The quantitative estimate of drug-likeness (QED) is 0.662. The number of pyridine rings is 1. The van der Waals surface area contributed by atoms with Gasteiger partial charge in [0.25, 0.3) is 0 Å². The molecule has 0 saturated carbocycles. The predicted octanol–water partition coefficient (Wildman–Crippen LogP) is 4.95. The van der Waals surface area contributed by atoms with E-state index in [-0.39, 0.29) is 29.0 Å². The highest BCUT2D eigenvalue weighted by Gasteiger charge is 2.13. The maximum absolute atomic E-state index is 14.0. The van der Waals surface area contributed by atoms with Crippen molar-refractivity contribution < 1.29 is 13.6 Å². The summed E-state index contributed by atoms with van der Waals surface area (Å²) in [5.41, 5.74) is 2.40. The van der Waals surface area contributed by atoms with Gasteiger partial charge < -0.3 is 15.5 Å². The van der Waals surface area contributed by atoms with Crippen molar-refractivity contribution in [1.29, 1.82) is 0 Å². The van der Waals surface area contributed by atoms with Gasteiger partial charge in [-0.05, 0) is 43.3 Å². The van der Waals surface area contributed by atoms with Crippen LogP contribution < -0.4 is 15.5 Å². The number of nitrogens with one attached hydrogen (secondary N) is 2. The number of halogens is 3. The Hall–Kier alpha value is -2.93. The van der Waals surface area contributed by atoms with E-state index in [0.717, 1.165) is 17.8 Å². The van der Waals surface area contributed by atoms with Crippen molar-refractivity contribution in [2.24, 2.45) is 0 Å². The zero-order chi connectivity index (χ0) is 18.8. The molecular weight excluding hydrogens is 374 g/mol. The normalized spacial score (nSPS) is 10.3. The number of carbonyl (C=O) groups is 1. The summed E-state index contributed by atoms with van der Waals surface area (Å²) in [7, 11) is 3.84. The van der Waals surface area contributed by atoms with Crippen molar-refractivity contribution >= 4 is 46.4 Å². The number of amides is 2. The number of aryl methyl sites for hydroxylation is 1. The average molecular weight is 393 g/mol. The molecule has 0 atom stereocenters. The molecular formula is C19H19ClF2N4O. The van der Waals surface area contributed by atoms with E-state index < -0.39 is 17.7 Å². The number of hydrogen-bond acceptors (Lipinski definition) is 3. The number of rotatable bonds is 3. The number of urea groups is 1. The van der Waals surface area contributed by atoms with E-state index in [1.807, 2.05) is 31.1 Å². The number of benzene rings is 2. The molecule has 2 aromatic carbocycles. The minimum absolute atomic E-state index is 0. The van der Waals surface area contributed by atoms with E-state index >= 15 is 0 Å². The summed E-state index contributed by atoms with van der Waals surface area (Å²) in [5.74, 6) is -1.50. The van der Waals surface area contributed by atoms with E-state index in [9.17, 15) is 13.6 Å². The summed E-state index contributed by atoms with van der Waals surface area (Å²) < 4.78 is 27.5. The molecule has 0 aliphatic carbocycles. The molecule has 142 valence electrons. The summed E-state index contributed by atoms with van der Waals surface area (Å²) in [6, 6.07) is 10.2. The molecule has 1 aromatic heterocycles. The zero-order valence-electron chi connectivity index (χ0n) is 15.0. The Morgan fingerprint density at radius 1 is 1.04 bits per heavy atom. The molecule has 0 spiro atoms. The van der Waals surface area contributed by atoms with Crippen molar-refractivity contribution in [3.05, 3.63) is 59.8 Å². The van der Waals surface area contributed by atoms with Gasteiger partial charge >= 0.3 is 6.03 Å². The highest BCUT2D eigenvalue weighted by molar-refractivity contribution is 6.05. The largest absolute Gasteiger partial charge is 0.378 e. The van der Waals surface area contributed by atoms with Crippen molar-refractivity contribution in [3.8, 4) is 0 Å². The number of anilines is 3. The zero-order valence-corrected chi connectivity index (χ0v) is 15.8. The van der Waals surface area contributed by atoms with Crippen LogP contribution in [-0.2, 0) is 0 Å². The van der Waals surface area contributed by atoms with E-state index in [1.165, 1.54) is 0 Å². The first kappa shape index (κ1) is 20.4. The maximum atomic E-state index is 14.0. The summed E-state index contributed by atoms with van der Waals surface area (Å²) in [4.78, 5) is 18.3. The van der Waals surface area contributed by atoms with E-state index in [0.29, 0.717) is 11.4 Å². The van der Waals surface area contributed by atoms with Gasteiger partial charge in [0, 0.05) is 42.6 Å². The molecule has 0 unspecified atom stereocenters. The van der Waals surface area contributed by atoms with Gasteiger partial charge in [-0.2, -0.15) is 0 Å². The predicted molar refractivity (Wildman–Crippen MR) is 107 cm³/mol. The van der Waals surface area contributed by atoms with Gasteiger partial charge in [0.05, 0.1) is 5.69 Å². The monoisotopic (exact) mass is 392 g/mol. The first-order chi connectivity index (χ1) is 12.3. The number of nitrogens with zero attached hydrogens (tertiary/aromatic N) is 2. The fourth-order valence-electron chi connectivity index (χ4n) is 2.61. The Morgan fingerprint density at radius 3 is 2.33 bits per heavy atom. The van der Waals surface area contributed by atoms with Gasteiger partial charge in [0.1, 0.15) is 11.3 Å². The smallest absolute Gasteiger partial charge is 0.323 e. The molecule has 27 heavy (non-hydrogen) atoms. The molecule has 0 aliphatic heterocycles. The number of fused-ring (bicyclic) bond motifs is 1. The Bertz CT molecular complexity index is 978. The van der Waals surface area contributed by atoms with Gasteiger partial charge in [-0.3, -0.25) is 0 Å². The molecule has 0 bridgehead atoms. The highest BCUT2D eigenvalue weighted by Crippen LogP contribution is 2.26. The Morgan fingerprint density at radius 2 is 1.70 bits per heavy atom. The van der Waals surface area contributed by atoms with Crippen molar-refractivity contribution in [3.63, 3.8) is 0 Å². The summed E-state index contributed by atoms with van der Waals surface area (Å²) in [6.45, 7) is 1.67. The van der Waals surface area contributed by atoms with E-state index in [4.69, 9.17) is 0 Å². The van der Waals surface area contributed by atoms with Crippen molar-refractivity contribution in [2.45, 2.75) is 6.92 Å². The Labute approximate surface area is 161 Å². The second-order valence-corrected chi connectivity index (χ2v) is 6.12. The topological polar surface area (TPSA) is 57.3 Å². The Kier molecular flexibility index (Phi) is 6.17. The lowest BCUT2D eigenvalue weighted by Crippen LogP contribution is -2.20. The second kappa shape index (κ2) is 8.18. The Balaban J connectivity index is 0.00000261.